The number of unbranched alkanes of at least 4 members (excludes halogenated alkanes) is 7. The SMILES string of the molecule is C=CCCCCC(O)CCCCCCCCC(=O)O. The molecule has 0 amide bonds. The van der Waals surface area contributed by atoms with Crippen molar-refractivity contribution in [3.05, 3.63) is 12.7 Å². The highest BCUT2D eigenvalue weighted by atomic mass is 16.4. The third-order valence-corrected chi connectivity index (χ3v) is 3.37. The number of rotatable bonds is 14. The van der Waals surface area contributed by atoms with E-state index in [-0.39, 0.29) is 6.10 Å². The van der Waals surface area contributed by atoms with E-state index in [1.165, 1.54) is 0 Å². The molecule has 19 heavy (non-hydrogen) atoms. The second-order valence-electron chi connectivity index (χ2n) is 5.28. The first-order valence-electron chi connectivity index (χ1n) is 7.67. The van der Waals surface area contributed by atoms with E-state index in [1.807, 2.05) is 6.08 Å². The van der Waals surface area contributed by atoms with Crippen molar-refractivity contribution in [3.63, 3.8) is 0 Å². The monoisotopic (exact) mass is 270 g/mol. The molecule has 0 aromatic rings. The molecule has 0 saturated carbocycles. The van der Waals surface area contributed by atoms with Gasteiger partial charge in [-0.3, -0.25) is 4.79 Å². The lowest BCUT2D eigenvalue weighted by atomic mass is 10.0. The van der Waals surface area contributed by atoms with Gasteiger partial charge in [0.05, 0.1) is 6.10 Å². The highest BCUT2D eigenvalue weighted by molar-refractivity contribution is 5.66. The summed E-state index contributed by atoms with van der Waals surface area (Å²) in [7, 11) is 0. The molecular formula is C16H30O3. The minimum Gasteiger partial charge on any atom is -0.481 e. The van der Waals surface area contributed by atoms with Crippen molar-refractivity contribution >= 4 is 5.97 Å². The van der Waals surface area contributed by atoms with Gasteiger partial charge in [-0.1, -0.05) is 44.6 Å². The van der Waals surface area contributed by atoms with Crippen LogP contribution in [0.25, 0.3) is 0 Å². The van der Waals surface area contributed by atoms with Crippen LogP contribution in [0.2, 0.25) is 0 Å². The van der Waals surface area contributed by atoms with Crippen LogP contribution < -0.4 is 0 Å². The Morgan fingerprint density at radius 2 is 1.47 bits per heavy atom. The van der Waals surface area contributed by atoms with Crippen molar-refractivity contribution in [3.8, 4) is 0 Å². The number of aliphatic hydroxyl groups is 1. The first-order chi connectivity index (χ1) is 9.16. The van der Waals surface area contributed by atoms with E-state index in [0.29, 0.717) is 6.42 Å². The van der Waals surface area contributed by atoms with Crippen LogP contribution in [0.1, 0.15) is 77.0 Å². The molecule has 3 nitrogen and oxygen atoms in total. The number of carboxylic acid groups (broad SMARTS) is 1. The van der Waals surface area contributed by atoms with Crippen LogP contribution in [0, 0.1) is 0 Å². The molecule has 0 aliphatic heterocycles. The topological polar surface area (TPSA) is 57.5 Å². The molecule has 1 unspecified atom stereocenters. The van der Waals surface area contributed by atoms with Crippen LogP contribution in [0.4, 0.5) is 0 Å². The molecule has 0 heterocycles. The van der Waals surface area contributed by atoms with Gasteiger partial charge in [0.2, 0.25) is 0 Å². The summed E-state index contributed by atoms with van der Waals surface area (Å²) in [4.78, 5) is 10.3. The van der Waals surface area contributed by atoms with Gasteiger partial charge in [-0.05, 0) is 32.1 Å². The van der Waals surface area contributed by atoms with Gasteiger partial charge in [0.1, 0.15) is 0 Å². The van der Waals surface area contributed by atoms with Crippen molar-refractivity contribution in [1.82, 2.24) is 0 Å². The zero-order valence-electron chi connectivity index (χ0n) is 12.1. The first kappa shape index (κ1) is 18.2. The number of carboxylic acids is 1. The van der Waals surface area contributed by atoms with Crippen molar-refractivity contribution < 1.29 is 15.0 Å². The smallest absolute Gasteiger partial charge is 0.303 e. The fraction of sp³-hybridized carbons (Fsp3) is 0.812. The van der Waals surface area contributed by atoms with Crippen LogP contribution in [0.5, 0.6) is 0 Å². The van der Waals surface area contributed by atoms with Crippen LogP contribution in [0.15, 0.2) is 12.7 Å². The zero-order valence-corrected chi connectivity index (χ0v) is 12.1. The fourth-order valence-electron chi connectivity index (χ4n) is 2.18. The molecule has 0 aliphatic rings. The van der Waals surface area contributed by atoms with Crippen LogP contribution in [0.3, 0.4) is 0 Å². The number of hydrogen-bond donors (Lipinski definition) is 2. The van der Waals surface area contributed by atoms with Gasteiger partial charge in [-0.15, -0.1) is 6.58 Å². The van der Waals surface area contributed by atoms with Gasteiger partial charge in [0, 0.05) is 6.42 Å². The molecule has 0 rings (SSSR count). The number of aliphatic carboxylic acids is 1. The lowest BCUT2D eigenvalue weighted by Crippen LogP contribution is -2.05. The molecule has 0 aromatic carbocycles. The predicted molar refractivity (Wildman–Crippen MR) is 79.2 cm³/mol. The second-order valence-corrected chi connectivity index (χ2v) is 5.28. The third kappa shape index (κ3) is 15.1. The lowest BCUT2D eigenvalue weighted by molar-refractivity contribution is -0.137. The van der Waals surface area contributed by atoms with E-state index in [1.54, 1.807) is 0 Å². The highest BCUT2D eigenvalue weighted by Crippen LogP contribution is 2.13. The van der Waals surface area contributed by atoms with Crippen molar-refractivity contribution in [1.29, 1.82) is 0 Å². The average molecular weight is 270 g/mol. The summed E-state index contributed by atoms with van der Waals surface area (Å²) in [5.74, 6) is -0.695. The third-order valence-electron chi connectivity index (χ3n) is 3.37. The number of allylic oxidation sites excluding steroid dienone is 1. The normalized spacial score (nSPS) is 12.3. The number of carbonyl (C=O) groups is 1. The molecule has 1 atom stereocenters. The first-order valence-corrected chi connectivity index (χ1v) is 7.67. The van der Waals surface area contributed by atoms with Crippen molar-refractivity contribution in [2.45, 2.75) is 83.2 Å². The summed E-state index contributed by atoms with van der Waals surface area (Å²) in [5.41, 5.74) is 0. The maximum atomic E-state index is 10.3. The predicted octanol–water partition coefficient (Wildman–Crippen LogP) is 4.30. The van der Waals surface area contributed by atoms with E-state index >= 15 is 0 Å². The fourth-order valence-corrected chi connectivity index (χ4v) is 2.18. The van der Waals surface area contributed by atoms with E-state index in [9.17, 15) is 9.90 Å². The summed E-state index contributed by atoms with van der Waals surface area (Å²) in [6, 6.07) is 0. The van der Waals surface area contributed by atoms with E-state index in [4.69, 9.17) is 5.11 Å². The molecule has 0 aromatic heterocycles. The zero-order chi connectivity index (χ0) is 14.3. The quantitative estimate of drug-likeness (QED) is 0.365. The van der Waals surface area contributed by atoms with E-state index < -0.39 is 5.97 Å². The lowest BCUT2D eigenvalue weighted by Gasteiger charge is -2.09. The molecular weight excluding hydrogens is 240 g/mol. The molecule has 3 heteroatoms. The summed E-state index contributed by atoms with van der Waals surface area (Å²) in [6.07, 6.45) is 13.5. The molecule has 112 valence electrons. The molecule has 0 fully saturated rings. The molecule has 0 aliphatic carbocycles. The van der Waals surface area contributed by atoms with Gasteiger partial charge in [0.15, 0.2) is 0 Å². The summed E-state index contributed by atoms with van der Waals surface area (Å²) in [5, 5.41) is 18.2. The minimum atomic E-state index is -0.695. The van der Waals surface area contributed by atoms with Gasteiger partial charge >= 0.3 is 5.97 Å². The largest absolute Gasteiger partial charge is 0.481 e. The minimum absolute atomic E-state index is 0.142. The Morgan fingerprint density at radius 1 is 0.947 bits per heavy atom. The Kier molecular flexibility index (Phi) is 13.0. The maximum absolute atomic E-state index is 10.3. The van der Waals surface area contributed by atoms with Crippen molar-refractivity contribution in [2.75, 3.05) is 0 Å². The summed E-state index contributed by atoms with van der Waals surface area (Å²) < 4.78 is 0. The summed E-state index contributed by atoms with van der Waals surface area (Å²) >= 11 is 0. The van der Waals surface area contributed by atoms with Crippen LogP contribution in [-0.2, 0) is 4.79 Å². The van der Waals surface area contributed by atoms with E-state index in [2.05, 4.69) is 6.58 Å². The number of hydrogen-bond acceptors (Lipinski definition) is 2. The Morgan fingerprint density at radius 3 is 2.05 bits per heavy atom. The Bertz CT molecular complexity index is 226. The van der Waals surface area contributed by atoms with Gasteiger partial charge < -0.3 is 10.2 Å². The average Bonchev–Trinajstić information content (AvgIpc) is 2.37. The maximum Gasteiger partial charge on any atom is 0.303 e. The van der Waals surface area contributed by atoms with Crippen LogP contribution >= 0.6 is 0 Å². The molecule has 0 spiro atoms. The molecule has 0 saturated heterocycles. The molecule has 2 N–H and O–H groups in total. The standard InChI is InChI=1S/C16H30O3/c1-2-3-4-9-12-15(17)13-10-7-5-6-8-11-14-16(18)19/h2,15,17H,1,3-14H2,(H,18,19). The summed E-state index contributed by atoms with van der Waals surface area (Å²) in [6.45, 7) is 3.68. The Balaban J connectivity index is 3.15. The Hall–Kier alpha value is -0.830. The van der Waals surface area contributed by atoms with E-state index in [0.717, 1.165) is 70.6 Å². The number of aliphatic hydroxyl groups excluding tert-OH is 1. The van der Waals surface area contributed by atoms with Gasteiger partial charge in [0.25, 0.3) is 0 Å². The van der Waals surface area contributed by atoms with Crippen LogP contribution in [-0.4, -0.2) is 22.3 Å². The molecule has 0 radical (unpaired) electrons. The molecule has 0 bridgehead atoms. The van der Waals surface area contributed by atoms with Gasteiger partial charge in [-0.2, -0.15) is 0 Å². The second kappa shape index (κ2) is 13.6. The highest BCUT2D eigenvalue weighted by Gasteiger charge is 2.03. The Labute approximate surface area is 117 Å². The van der Waals surface area contributed by atoms with Gasteiger partial charge in [-0.25, -0.2) is 0 Å². The van der Waals surface area contributed by atoms with Crippen molar-refractivity contribution in [2.24, 2.45) is 0 Å².